The third kappa shape index (κ3) is 3.57. The highest BCUT2D eigenvalue weighted by molar-refractivity contribution is 6.07. The Morgan fingerprint density at radius 1 is 1.27 bits per heavy atom. The molecule has 7 nitrogen and oxygen atoms in total. The van der Waals surface area contributed by atoms with Crippen molar-refractivity contribution in [1.29, 1.82) is 0 Å². The molecule has 3 aliphatic rings. The first kappa shape index (κ1) is 20.8. The number of hydrogen-bond donors (Lipinski definition) is 2. The Kier molecular flexibility index (Phi) is 5.53. The zero-order valence-corrected chi connectivity index (χ0v) is 17.7. The smallest absolute Gasteiger partial charge is 0.329 e. The van der Waals surface area contributed by atoms with Gasteiger partial charge >= 0.3 is 6.03 Å². The molecule has 4 rings (SSSR count). The van der Waals surface area contributed by atoms with Gasteiger partial charge in [0.05, 0.1) is 31.9 Å². The van der Waals surface area contributed by atoms with Crippen molar-refractivity contribution in [3.63, 3.8) is 0 Å². The Balaban J connectivity index is 1.38. The molecule has 0 radical (unpaired) electrons. The number of nitrogens with one attached hydrogen (secondary N) is 2. The van der Waals surface area contributed by atoms with Crippen LogP contribution in [0.1, 0.15) is 49.9 Å². The predicted octanol–water partition coefficient (Wildman–Crippen LogP) is 1.19. The van der Waals surface area contributed by atoms with Crippen molar-refractivity contribution in [1.82, 2.24) is 10.2 Å². The van der Waals surface area contributed by atoms with Crippen LogP contribution < -0.4 is 15.1 Å². The SMILES string of the molecule is CC(=O)c1ccc(N2CC[NH+](CN3C(=O)N[C@@]4(CCCC[C@@H]4C)C3=O)CC2)c(F)c1. The molecule has 1 aromatic carbocycles. The van der Waals surface area contributed by atoms with Crippen LogP contribution in [0.2, 0.25) is 0 Å². The van der Waals surface area contributed by atoms with E-state index in [1.54, 1.807) is 12.1 Å². The highest BCUT2D eigenvalue weighted by atomic mass is 19.1. The van der Waals surface area contributed by atoms with Crippen molar-refractivity contribution in [2.24, 2.45) is 5.92 Å². The lowest BCUT2D eigenvalue weighted by Gasteiger charge is -2.37. The zero-order chi connectivity index (χ0) is 21.5. The topological polar surface area (TPSA) is 74.2 Å². The lowest BCUT2D eigenvalue weighted by atomic mass is 9.73. The van der Waals surface area contributed by atoms with Gasteiger partial charge in [-0.2, -0.15) is 0 Å². The Hall–Kier alpha value is -2.48. The van der Waals surface area contributed by atoms with Crippen LogP contribution in [0.5, 0.6) is 0 Å². The molecule has 0 aromatic heterocycles. The molecule has 0 bridgehead atoms. The molecule has 1 aromatic rings. The molecule has 0 unspecified atom stereocenters. The lowest BCUT2D eigenvalue weighted by molar-refractivity contribution is -0.907. The van der Waals surface area contributed by atoms with Crippen molar-refractivity contribution in [2.75, 3.05) is 37.7 Å². The number of carbonyl (C=O) groups excluding carboxylic acids is 3. The monoisotopic (exact) mass is 417 g/mol. The average Bonchev–Trinajstić information content (AvgIpc) is 2.96. The minimum Gasteiger partial charge on any atom is -0.358 e. The number of hydrogen-bond acceptors (Lipinski definition) is 4. The van der Waals surface area contributed by atoms with Crippen LogP contribution in [0.25, 0.3) is 0 Å². The van der Waals surface area contributed by atoms with Gasteiger partial charge in [-0.3, -0.25) is 9.59 Å². The van der Waals surface area contributed by atoms with E-state index in [1.165, 1.54) is 17.9 Å². The Morgan fingerprint density at radius 3 is 2.63 bits per heavy atom. The lowest BCUT2D eigenvalue weighted by Crippen LogP contribution is -3.16. The van der Waals surface area contributed by atoms with Crippen molar-refractivity contribution in [3.8, 4) is 0 Å². The van der Waals surface area contributed by atoms with Gasteiger partial charge in [-0.05, 0) is 43.9 Å². The van der Waals surface area contributed by atoms with Crippen LogP contribution in [0.3, 0.4) is 0 Å². The third-order valence-electron chi connectivity index (χ3n) is 7.05. The number of anilines is 1. The maximum atomic E-state index is 14.5. The number of quaternary nitrogens is 1. The number of ketones is 1. The van der Waals surface area contributed by atoms with E-state index in [0.29, 0.717) is 50.5 Å². The first-order chi connectivity index (χ1) is 14.3. The van der Waals surface area contributed by atoms with Gasteiger partial charge in [-0.15, -0.1) is 0 Å². The van der Waals surface area contributed by atoms with E-state index >= 15 is 0 Å². The van der Waals surface area contributed by atoms with Crippen LogP contribution in [0.4, 0.5) is 14.9 Å². The number of benzene rings is 1. The fourth-order valence-electron chi connectivity index (χ4n) is 5.07. The van der Waals surface area contributed by atoms with E-state index < -0.39 is 11.4 Å². The van der Waals surface area contributed by atoms with Crippen LogP contribution in [0, 0.1) is 11.7 Å². The minimum atomic E-state index is -0.724. The average molecular weight is 418 g/mol. The van der Waals surface area contributed by atoms with E-state index in [1.807, 2.05) is 4.90 Å². The second kappa shape index (κ2) is 7.98. The summed E-state index contributed by atoms with van der Waals surface area (Å²) in [5.41, 5.74) is 0.131. The van der Waals surface area contributed by atoms with Gasteiger partial charge in [-0.25, -0.2) is 14.1 Å². The van der Waals surface area contributed by atoms with Gasteiger partial charge in [0.25, 0.3) is 5.91 Å². The number of nitrogens with zero attached hydrogens (tertiary/aromatic N) is 2. The molecule has 1 spiro atoms. The maximum absolute atomic E-state index is 14.5. The van der Waals surface area contributed by atoms with Crippen LogP contribution in [-0.2, 0) is 4.79 Å². The fraction of sp³-hybridized carbons (Fsp3) is 0.591. The zero-order valence-electron chi connectivity index (χ0n) is 17.7. The number of urea groups is 1. The highest BCUT2D eigenvalue weighted by Crippen LogP contribution is 2.37. The molecule has 2 aliphatic heterocycles. The molecule has 2 atom stereocenters. The molecule has 1 aliphatic carbocycles. The van der Waals surface area contributed by atoms with E-state index in [0.717, 1.165) is 24.2 Å². The summed E-state index contributed by atoms with van der Waals surface area (Å²) < 4.78 is 14.5. The number of piperazine rings is 1. The normalized spacial score (nSPS) is 27.6. The molecular formula is C22H30FN4O3+. The molecule has 8 heteroatoms. The first-order valence-electron chi connectivity index (χ1n) is 10.8. The predicted molar refractivity (Wildman–Crippen MR) is 110 cm³/mol. The standard InChI is InChI=1S/C22H29FN4O3/c1-15-5-3-4-8-22(15)20(29)27(21(30)24-22)14-25-9-11-26(12-10-25)19-7-6-17(16(2)28)13-18(19)23/h6-7,13,15H,3-5,8-12,14H2,1-2H3,(H,24,30)/p+1/t15-,22+/m0/s1. The summed E-state index contributed by atoms with van der Waals surface area (Å²) in [5, 5.41) is 3.00. The van der Waals surface area contributed by atoms with E-state index in [9.17, 15) is 18.8 Å². The van der Waals surface area contributed by atoms with Crippen molar-refractivity contribution in [2.45, 2.75) is 45.1 Å². The van der Waals surface area contributed by atoms with E-state index in [2.05, 4.69) is 12.2 Å². The molecular weight excluding hydrogens is 387 g/mol. The summed E-state index contributed by atoms with van der Waals surface area (Å²) in [7, 11) is 0. The van der Waals surface area contributed by atoms with Gasteiger partial charge in [0.15, 0.2) is 12.5 Å². The van der Waals surface area contributed by atoms with Gasteiger partial charge in [0, 0.05) is 5.56 Å². The van der Waals surface area contributed by atoms with Crippen molar-refractivity contribution in [3.05, 3.63) is 29.6 Å². The molecule has 162 valence electrons. The maximum Gasteiger partial charge on any atom is 0.329 e. The Bertz CT molecular complexity index is 868. The van der Waals surface area contributed by atoms with Gasteiger partial charge < -0.3 is 15.1 Å². The number of Topliss-reactive ketones (excluding diaryl/α,β-unsaturated/α-hetero) is 1. The number of amides is 3. The van der Waals surface area contributed by atoms with Crippen LogP contribution >= 0.6 is 0 Å². The minimum absolute atomic E-state index is 0.0829. The summed E-state index contributed by atoms with van der Waals surface area (Å²) in [6, 6.07) is 4.31. The first-order valence-corrected chi connectivity index (χ1v) is 10.8. The number of halogens is 1. The van der Waals surface area contributed by atoms with Crippen molar-refractivity contribution >= 4 is 23.4 Å². The summed E-state index contributed by atoms with van der Waals surface area (Å²) in [4.78, 5) is 41.6. The Labute approximate surface area is 176 Å². The number of carbonyl (C=O) groups is 3. The quantitative estimate of drug-likeness (QED) is 0.570. The summed E-state index contributed by atoms with van der Waals surface area (Å²) >= 11 is 0. The largest absolute Gasteiger partial charge is 0.358 e. The fourth-order valence-corrected chi connectivity index (χ4v) is 5.07. The Morgan fingerprint density at radius 2 is 2.00 bits per heavy atom. The summed E-state index contributed by atoms with van der Waals surface area (Å²) in [5.74, 6) is -0.484. The number of imide groups is 1. The highest BCUT2D eigenvalue weighted by Gasteiger charge is 2.55. The molecule has 2 N–H and O–H groups in total. The van der Waals surface area contributed by atoms with Crippen molar-refractivity contribution < 1.29 is 23.7 Å². The molecule has 3 amide bonds. The van der Waals surface area contributed by atoms with Crippen LogP contribution in [-0.4, -0.2) is 61.0 Å². The molecule has 2 heterocycles. The summed E-state index contributed by atoms with van der Waals surface area (Å²) in [6.07, 6.45) is 3.74. The summed E-state index contributed by atoms with van der Waals surface area (Å²) in [6.45, 7) is 6.47. The van der Waals surface area contributed by atoms with E-state index in [4.69, 9.17) is 0 Å². The second-order valence-corrected chi connectivity index (χ2v) is 8.90. The number of rotatable bonds is 4. The second-order valence-electron chi connectivity index (χ2n) is 8.90. The van der Waals surface area contributed by atoms with Gasteiger partial charge in [0.2, 0.25) is 0 Å². The molecule has 3 fully saturated rings. The molecule has 30 heavy (non-hydrogen) atoms. The van der Waals surface area contributed by atoms with E-state index in [-0.39, 0.29) is 23.6 Å². The van der Waals surface area contributed by atoms with Gasteiger partial charge in [-0.1, -0.05) is 19.8 Å². The third-order valence-corrected chi connectivity index (χ3v) is 7.05. The van der Waals surface area contributed by atoms with Crippen LogP contribution in [0.15, 0.2) is 18.2 Å². The molecule has 2 saturated heterocycles. The van der Waals surface area contributed by atoms with Gasteiger partial charge in [0.1, 0.15) is 11.4 Å². The molecule has 1 saturated carbocycles.